The Bertz CT molecular complexity index is 429. The van der Waals surface area contributed by atoms with Crippen molar-refractivity contribution >= 4 is 11.5 Å². The molecule has 2 nitrogen and oxygen atoms in total. The summed E-state index contributed by atoms with van der Waals surface area (Å²) in [5.74, 6) is -0.179. The van der Waals surface area contributed by atoms with E-state index in [0.717, 1.165) is 19.3 Å². The number of hydrogen-bond donors (Lipinski definition) is 0. The standard InChI is InChI=1S/C15H18O2/c1-11-3-5-13(6-4-11)14-7-9-15(10-8-14)17-12(2)16/h3-7,15H,8-10H2,1-2H3. The second-order valence-electron chi connectivity index (χ2n) is 4.60. The maximum atomic E-state index is 10.9. The summed E-state index contributed by atoms with van der Waals surface area (Å²) in [6, 6.07) is 8.59. The third-order valence-corrected chi connectivity index (χ3v) is 3.12. The van der Waals surface area contributed by atoms with E-state index in [1.165, 1.54) is 23.6 Å². The Balaban J connectivity index is 2.03. The predicted octanol–water partition coefficient (Wildman–Crippen LogP) is 3.49. The van der Waals surface area contributed by atoms with Crippen molar-refractivity contribution in [3.8, 4) is 0 Å². The summed E-state index contributed by atoms with van der Waals surface area (Å²) in [6.07, 6.45) is 5.02. The van der Waals surface area contributed by atoms with Crippen LogP contribution in [0.4, 0.5) is 0 Å². The molecular weight excluding hydrogens is 212 g/mol. The van der Waals surface area contributed by atoms with E-state index in [2.05, 4.69) is 37.3 Å². The summed E-state index contributed by atoms with van der Waals surface area (Å²) in [7, 11) is 0. The van der Waals surface area contributed by atoms with E-state index >= 15 is 0 Å². The van der Waals surface area contributed by atoms with Crippen LogP contribution in [0.25, 0.3) is 5.57 Å². The van der Waals surface area contributed by atoms with Crippen LogP contribution < -0.4 is 0 Å². The molecule has 0 saturated carbocycles. The third-order valence-electron chi connectivity index (χ3n) is 3.12. The summed E-state index contributed by atoms with van der Waals surface area (Å²) in [5, 5.41) is 0. The van der Waals surface area contributed by atoms with E-state index < -0.39 is 0 Å². The predicted molar refractivity (Wildman–Crippen MR) is 68.6 cm³/mol. The first-order valence-corrected chi connectivity index (χ1v) is 6.08. The summed E-state index contributed by atoms with van der Waals surface area (Å²) >= 11 is 0. The third kappa shape index (κ3) is 3.19. The fraction of sp³-hybridized carbons (Fsp3) is 0.400. The van der Waals surface area contributed by atoms with Crippen LogP contribution in [0.5, 0.6) is 0 Å². The van der Waals surface area contributed by atoms with Crippen molar-refractivity contribution in [1.29, 1.82) is 0 Å². The van der Waals surface area contributed by atoms with Gasteiger partial charge >= 0.3 is 5.97 Å². The van der Waals surface area contributed by atoms with Crippen LogP contribution in [-0.4, -0.2) is 12.1 Å². The highest BCUT2D eigenvalue weighted by Gasteiger charge is 2.17. The Kier molecular flexibility index (Phi) is 3.62. The van der Waals surface area contributed by atoms with E-state index in [-0.39, 0.29) is 12.1 Å². The highest BCUT2D eigenvalue weighted by atomic mass is 16.5. The van der Waals surface area contributed by atoms with Crippen molar-refractivity contribution in [1.82, 2.24) is 0 Å². The molecule has 1 aliphatic carbocycles. The Morgan fingerprint density at radius 2 is 2.00 bits per heavy atom. The van der Waals surface area contributed by atoms with Gasteiger partial charge in [-0.1, -0.05) is 35.9 Å². The van der Waals surface area contributed by atoms with Crippen molar-refractivity contribution in [2.45, 2.75) is 39.2 Å². The number of aryl methyl sites for hydroxylation is 1. The zero-order valence-electron chi connectivity index (χ0n) is 10.4. The van der Waals surface area contributed by atoms with Gasteiger partial charge in [0.1, 0.15) is 6.10 Å². The van der Waals surface area contributed by atoms with Gasteiger partial charge in [0.2, 0.25) is 0 Å². The number of esters is 1. The topological polar surface area (TPSA) is 26.3 Å². The van der Waals surface area contributed by atoms with Crippen molar-refractivity contribution in [2.75, 3.05) is 0 Å². The average Bonchev–Trinajstić information content (AvgIpc) is 2.30. The largest absolute Gasteiger partial charge is 0.462 e. The second-order valence-corrected chi connectivity index (χ2v) is 4.60. The molecule has 1 aromatic carbocycles. The molecule has 0 N–H and O–H groups in total. The van der Waals surface area contributed by atoms with Gasteiger partial charge in [-0.2, -0.15) is 0 Å². The van der Waals surface area contributed by atoms with Crippen LogP contribution in [0.3, 0.4) is 0 Å². The fourth-order valence-corrected chi connectivity index (χ4v) is 2.18. The molecule has 2 rings (SSSR count). The van der Waals surface area contributed by atoms with Gasteiger partial charge in [-0.15, -0.1) is 0 Å². The molecule has 1 atom stereocenters. The summed E-state index contributed by atoms with van der Waals surface area (Å²) in [4.78, 5) is 10.9. The molecular formula is C15H18O2. The van der Waals surface area contributed by atoms with Crippen LogP contribution >= 0.6 is 0 Å². The van der Waals surface area contributed by atoms with E-state index in [4.69, 9.17) is 4.74 Å². The SMILES string of the molecule is CC(=O)OC1CC=C(c2ccc(C)cc2)CC1. The van der Waals surface area contributed by atoms with Gasteiger partial charge in [-0.05, 0) is 30.9 Å². The van der Waals surface area contributed by atoms with Crippen LogP contribution in [0.15, 0.2) is 30.3 Å². The Hall–Kier alpha value is -1.57. The number of rotatable bonds is 2. The Labute approximate surface area is 102 Å². The number of hydrogen-bond acceptors (Lipinski definition) is 2. The number of benzene rings is 1. The van der Waals surface area contributed by atoms with Gasteiger partial charge in [0.25, 0.3) is 0 Å². The summed E-state index contributed by atoms with van der Waals surface area (Å²) < 4.78 is 5.21. The molecule has 0 bridgehead atoms. The number of carbonyl (C=O) groups excluding carboxylic acids is 1. The molecule has 0 aromatic heterocycles. The van der Waals surface area contributed by atoms with Gasteiger partial charge in [0, 0.05) is 13.3 Å². The van der Waals surface area contributed by atoms with Crippen molar-refractivity contribution in [2.24, 2.45) is 0 Å². The second kappa shape index (κ2) is 5.17. The zero-order chi connectivity index (χ0) is 12.3. The molecule has 0 amide bonds. The van der Waals surface area contributed by atoms with Gasteiger partial charge < -0.3 is 4.74 Å². The van der Waals surface area contributed by atoms with Crippen molar-refractivity contribution in [3.05, 3.63) is 41.5 Å². The average molecular weight is 230 g/mol. The fourth-order valence-electron chi connectivity index (χ4n) is 2.18. The first-order valence-electron chi connectivity index (χ1n) is 6.08. The lowest BCUT2D eigenvalue weighted by molar-refractivity contribution is -0.146. The molecule has 0 aliphatic heterocycles. The molecule has 0 heterocycles. The highest BCUT2D eigenvalue weighted by Crippen LogP contribution is 2.28. The molecule has 90 valence electrons. The smallest absolute Gasteiger partial charge is 0.302 e. The van der Waals surface area contributed by atoms with Gasteiger partial charge in [-0.25, -0.2) is 0 Å². The minimum absolute atomic E-state index is 0.0710. The van der Waals surface area contributed by atoms with Crippen molar-refractivity contribution in [3.63, 3.8) is 0 Å². The van der Waals surface area contributed by atoms with Gasteiger partial charge in [0.15, 0.2) is 0 Å². The molecule has 0 spiro atoms. The molecule has 17 heavy (non-hydrogen) atoms. The first kappa shape index (κ1) is 11.9. The lowest BCUT2D eigenvalue weighted by atomic mass is 9.92. The van der Waals surface area contributed by atoms with E-state index in [1.807, 2.05) is 0 Å². The van der Waals surface area contributed by atoms with Crippen LogP contribution in [0, 0.1) is 6.92 Å². The first-order chi connectivity index (χ1) is 8.15. The molecule has 1 aliphatic rings. The van der Waals surface area contributed by atoms with Gasteiger partial charge in [-0.3, -0.25) is 4.79 Å². The maximum Gasteiger partial charge on any atom is 0.302 e. The van der Waals surface area contributed by atoms with Crippen LogP contribution in [0.2, 0.25) is 0 Å². The Morgan fingerprint density at radius 3 is 2.53 bits per heavy atom. The minimum atomic E-state index is -0.179. The molecule has 0 radical (unpaired) electrons. The van der Waals surface area contributed by atoms with Crippen LogP contribution in [0.1, 0.15) is 37.3 Å². The molecule has 1 unspecified atom stereocenters. The molecule has 0 saturated heterocycles. The van der Waals surface area contributed by atoms with E-state index in [9.17, 15) is 4.79 Å². The quantitative estimate of drug-likeness (QED) is 0.727. The number of ether oxygens (including phenoxy) is 1. The normalized spacial score (nSPS) is 19.6. The zero-order valence-corrected chi connectivity index (χ0v) is 10.4. The lowest BCUT2D eigenvalue weighted by Gasteiger charge is -2.21. The molecule has 2 heteroatoms. The molecule has 0 fully saturated rings. The number of allylic oxidation sites excluding steroid dienone is 1. The number of carbonyl (C=O) groups is 1. The van der Waals surface area contributed by atoms with Gasteiger partial charge in [0.05, 0.1) is 0 Å². The Morgan fingerprint density at radius 1 is 1.29 bits per heavy atom. The van der Waals surface area contributed by atoms with E-state index in [0.29, 0.717) is 0 Å². The highest BCUT2D eigenvalue weighted by molar-refractivity contribution is 5.68. The lowest BCUT2D eigenvalue weighted by Crippen LogP contribution is -2.18. The summed E-state index contributed by atoms with van der Waals surface area (Å²) in [6.45, 7) is 3.56. The maximum absolute atomic E-state index is 10.9. The van der Waals surface area contributed by atoms with E-state index in [1.54, 1.807) is 0 Å². The van der Waals surface area contributed by atoms with Crippen LogP contribution in [-0.2, 0) is 9.53 Å². The minimum Gasteiger partial charge on any atom is -0.462 e. The monoisotopic (exact) mass is 230 g/mol. The van der Waals surface area contributed by atoms with Crippen molar-refractivity contribution < 1.29 is 9.53 Å². The summed E-state index contributed by atoms with van der Waals surface area (Å²) in [5.41, 5.74) is 3.94. The molecule has 1 aromatic rings.